The molecule has 3 nitrogen and oxygen atoms in total. The maximum absolute atomic E-state index is 11.0. The second-order valence-corrected chi connectivity index (χ2v) is 4.36. The molecule has 2 rings (SSSR count). The van der Waals surface area contributed by atoms with Gasteiger partial charge in [-0.15, -0.1) is 0 Å². The van der Waals surface area contributed by atoms with Gasteiger partial charge < -0.3 is 4.57 Å². The maximum atomic E-state index is 11.0. The lowest BCUT2D eigenvalue weighted by molar-refractivity contribution is -0.117. The van der Waals surface area contributed by atoms with Gasteiger partial charge in [0.25, 0.3) is 0 Å². The second kappa shape index (κ2) is 4.17. The van der Waals surface area contributed by atoms with E-state index >= 15 is 0 Å². The van der Waals surface area contributed by atoms with Gasteiger partial charge >= 0.3 is 0 Å². The van der Waals surface area contributed by atoms with Crippen molar-refractivity contribution in [2.75, 3.05) is 0 Å². The van der Waals surface area contributed by atoms with Crippen molar-refractivity contribution in [3.05, 3.63) is 17.2 Å². The van der Waals surface area contributed by atoms with Crippen LogP contribution in [0, 0.1) is 6.92 Å². The summed E-state index contributed by atoms with van der Waals surface area (Å²) in [6, 6.07) is 0. The molecule has 0 bridgehead atoms. The predicted molar refractivity (Wildman–Crippen MR) is 58.9 cm³/mol. The molecule has 1 heterocycles. The Morgan fingerprint density at radius 2 is 2.13 bits per heavy atom. The molecule has 0 radical (unpaired) electrons. The minimum Gasteiger partial charge on any atom is -0.332 e. The van der Waals surface area contributed by atoms with Crippen LogP contribution in [-0.2, 0) is 24.2 Å². The van der Waals surface area contributed by atoms with Gasteiger partial charge in [0, 0.05) is 18.7 Å². The summed E-state index contributed by atoms with van der Waals surface area (Å²) in [5.41, 5.74) is 2.64. The Labute approximate surface area is 90.5 Å². The lowest BCUT2D eigenvalue weighted by Crippen LogP contribution is -2.11. The molecule has 0 spiro atoms. The van der Waals surface area contributed by atoms with E-state index in [9.17, 15) is 4.79 Å². The molecule has 1 aromatic heterocycles. The topological polar surface area (TPSA) is 34.9 Å². The fourth-order valence-corrected chi connectivity index (χ4v) is 2.30. The maximum Gasteiger partial charge on any atom is 0.131 e. The van der Waals surface area contributed by atoms with Crippen molar-refractivity contribution >= 4 is 5.78 Å². The highest BCUT2D eigenvalue weighted by atomic mass is 16.1. The highest BCUT2D eigenvalue weighted by molar-refractivity contribution is 5.75. The van der Waals surface area contributed by atoms with Gasteiger partial charge in [-0.1, -0.05) is 0 Å². The Kier molecular flexibility index (Phi) is 2.89. The zero-order valence-electron chi connectivity index (χ0n) is 9.55. The molecule has 3 heteroatoms. The Morgan fingerprint density at radius 1 is 1.40 bits per heavy atom. The third kappa shape index (κ3) is 2.11. The van der Waals surface area contributed by atoms with E-state index in [1.807, 2.05) is 6.92 Å². The molecule has 0 fully saturated rings. The number of carbonyl (C=O) groups excluding carboxylic acids is 1. The SMILES string of the molecule is CC(=O)CCn1c(C)nc2c1CCCC2. The number of aryl methyl sites for hydroxylation is 2. The molecule has 1 aliphatic carbocycles. The number of imidazole rings is 1. The molecule has 0 N–H and O–H groups in total. The number of rotatable bonds is 3. The minimum atomic E-state index is 0.257. The van der Waals surface area contributed by atoms with E-state index < -0.39 is 0 Å². The number of Topliss-reactive ketones (excluding diaryl/α,β-unsaturated/α-hetero) is 1. The fraction of sp³-hybridized carbons (Fsp3) is 0.667. The summed E-state index contributed by atoms with van der Waals surface area (Å²) < 4.78 is 2.23. The van der Waals surface area contributed by atoms with Gasteiger partial charge in [-0.3, -0.25) is 4.79 Å². The van der Waals surface area contributed by atoms with E-state index in [1.54, 1.807) is 6.92 Å². The van der Waals surface area contributed by atoms with Crippen LogP contribution in [0.5, 0.6) is 0 Å². The first kappa shape index (κ1) is 10.4. The van der Waals surface area contributed by atoms with Crippen molar-refractivity contribution in [1.82, 2.24) is 9.55 Å². The van der Waals surface area contributed by atoms with Gasteiger partial charge in [-0.2, -0.15) is 0 Å². The van der Waals surface area contributed by atoms with Crippen LogP contribution in [0.1, 0.15) is 43.4 Å². The first-order valence-corrected chi connectivity index (χ1v) is 5.73. The number of fused-ring (bicyclic) bond motifs is 1. The first-order chi connectivity index (χ1) is 7.18. The lowest BCUT2D eigenvalue weighted by atomic mass is 10.0. The third-order valence-electron chi connectivity index (χ3n) is 3.11. The normalized spacial score (nSPS) is 15.1. The lowest BCUT2D eigenvalue weighted by Gasteiger charge is -2.14. The summed E-state index contributed by atoms with van der Waals surface area (Å²) in [6.45, 7) is 4.50. The summed E-state index contributed by atoms with van der Waals surface area (Å²) in [4.78, 5) is 15.6. The second-order valence-electron chi connectivity index (χ2n) is 4.36. The van der Waals surface area contributed by atoms with Crippen molar-refractivity contribution in [2.45, 2.75) is 52.5 Å². The van der Waals surface area contributed by atoms with Gasteiger partial charge in [-0.25, -0.2) is 4.98 Å². The predicted octanol–water partition coefficient (Wildman–Crippen LogP) is 2.05. The Morgan fingerprint density at radius 3 is 2.87 bits per heavy atom. The molecule has 0 aromatic carbocycles. The van der Waals surface area contributed by atoms with Gasteiger partial charge in [0.1, 0.15) is 11.6 Å². The van der Waals surface area contributed by atoms with Crippen LogP contribution in [0.15, 0.2) is 0 Å². The van der Waals surface area contributed by atoms with Crippen molar-refractivity contribution in [2.24, 2.45) is 0 Å². The largest absolute Gasteiger partial charge is 0.332 e. The van der Waals surface area contributed by atoms with Crippen LogP contribution < -0.4 is 0 Å². The van der Waals surface area contributed by atoms with Crippen molar-refractivity contribution in [1.29, 1.82) is 0 Å². The summed E-state index contributed by atoms with van der Waals surface area (Å²) in [7, 11) is 0. The smallest absolute Gasteiger partial charge is 0.131 e. The van der Waals surface area contributed by atoms with E-state index in [2.05, 4.69) is 9.55 Å². The number of aromatic nitrogens is 2. The van der Waals surface area contributed by atoms with Crippen molar-refractivity contribution in [3.63, 3.8) is 0 Å². The number of carbonyl (C=O) groups is 1. The van der Waals surface area contributed by atoms with Crippen LogP contribution in [0.25, 0.3) is 0 Å². The Balaban J connectivity index is 2.21. The van der Waals surface area contributed by atoms with E-state index in [4.69, 9.17) is 0 Å². The average Bonchev–Trinajstić information content (AvgIpc) is 2.50. The summed E-state index contributed by atoms with van der Waals surface area (Å²) >= 11 is 0. The molecule has 0 saturated heterocycles. The molecule has 0 unspecified atom stereocenters. The molecule has 0 atom stereocenters. The van der Waals surface area contributed by atoms with Crippen LogP contribution in [0.4, 0.5) is 0 Å². The molecule has 82 valence electrons. The Hall–Kier alpha value is -1.12. The molecule has 1 aliphatic rings. The summed E-state index contributed by atoms with van der Waals surface area (Å²) in [5.74, 6) is 1.33. The van der Waals surface area contributed by atoms with E-state index in [0.717, 1.165) is 25.2 Å². The molecule has 0 aliphatic heterocycles. The van der Waals surface area contributed by atoms with Gasteiger partial charge in [0.2, 0.25) is 0 Å². The quantitative estimate of drug-likeness (QED) is 0.758. The van der Waals surface area contributed by atoms with Gasteiger partial charge in [0.15, 0.2) is 0 Å². The average molecular weight is 206 g/mol. The highest BCUT2D eigenvalue weighted by Crippen LogP contribution is 2.22. The van der Waals surface area contributed by atoms with Gasteiger partial charge in [0.05, 0.1) is 5.69 Å². The number of nitrogens with zero attached hydrogens (tertiary/aromatic N) is 2. The van der Waals surface area contributed by atoms with Crippen LogP contribution in [-0.4, -0.2) is 15.3 Å². The monoisotopic (exact) mass is 206 g/mol. The zero-order valence-corrected chi connectivity index (χ0v) is 9.55. The van der Waals surface area contributed by atoms with Crippen LogP contribution >= 0.6 is 0 Å². The van der Waals surface area contributed by atoms with E-state index in [0.29, 0.717) is 6.42 Å². The molecular weight excluding hydrogens is 188 g/mol. The Bertz CT molecular complexity index is 379. The summed E-state index contributed by atoms with van der Waals surface area (Å²) in [5, 5.41) is 0. The minimum absolute atomic E-state index is 0.257. The van der Waals surface area contributed by atoms with Crippen molar-refractivity contribution in [3.8, 4) is 0 Å². The molecule has 1 aromatic rings. The first-order valence-electron chi connectivity index (χ1n) is 5.73. The fourth-order valence-electron chi connectivity index (χ4n) is 2.30. The van der Waals surface area contributed by atoms with Crippen molar-refractivity contribution < 1.29 is 4.79 Å². The highest BCUT2D eigenvalue weighted by Gasteiger charge is 2.17. The van der Waals surface area contributed by atoms with E-state index in [1.165, 1.54) is 24.2 Å². The molecule has 15 heavy (non-hydrogen) atoms. The molecule has 0 saturated carbocycles. The van der Waals surface area contributed by atoms with Crippen LogP contribution in [0.2, 0.25) is 0 Å². The summed E-state index contributed by atoms with van der Waals surface area (Å²) in [6.07, 6.45) is 5.40. The number of ketones is 1. The number of hydrogen-bond donors (Lipinski definition) is 0. The van der Waals surface area contributed by atoms with Crippen LogP contribution in [0.3, 0.4) is 0 Å². The standard InChI is InChI=1S/C12H18N2O/c1-9(15)7-8-14-10(2)13-11-5-3-4-6-12(11)14/h3-8H2,1-2H3. The zero-order chi connectivity index (χ0) is 10.8. The third-order valence-corrected chi connectivity index (χ3v) is 3.11. The van der Waals surface area contributed by atoms with E-state index in [-0.39, 0.29) is 5.78 Å². The molecule has 0 amide bonds. The molecular formula is C12H18N2O. The number of hydrogen-bond acceptors (Lipinski definition) is 2. The van der Waals surface area contributed by atoms with Gasteiger partial charge in [-0.05, 0) is 39.5 Å².